The maximum atomic E-state index is 6.11. The van der Waals surface area contributed by atoms with Crippen molar-refractivity contribution in [2.45, 2.75) is 50.8 Å². The van der Waals surface area contributed by atoms with Crippen molar-refractivity contribution in [3.63, 3.8) is 0 Å². The number of ether oxygens (including phenoxy) is 1. The number of nitrogens with zero attached hydrogens (tertiary/aromatic N) is 3. The Balaban J connectivity index is 1.38. The van der Waals surface area contributed by atoms with E-state index in [0.29, 0.717) is 5.92 Å². The van der Waals surface area contributed by atoms with Gasteiger partial charge in [0, 0.05) is 31.7 Å². The zero-order chi connectivity index (χ0) is 17.8. The molecule has 2 unspecified atom stereocenters. The lowest BCUT2D eigenvalue weighted by Gasteiger charge is -2.37. The monoisotopic (exact) mass is 352 g/mol. The number of nitrogens with one attached hydrogen (secondary N) is 1. The lowest BCUT2D eigenvalue weighted by atomic mass is 10.1. The summed E-state index contributed by atoms with van der Waals surface area (Å²) in [4.78, 5) is 11.6. The normalized spacial score (nSPS) is 22.1. The molecule has 5 nitrogen and oxygen atoms in total. The van der Waals surface area contributed by atoms with Crippen molar-refractivity contribution in [1.29, 1.82) is 0 Å². The maximum absolute atomic E-state index is 6.11. The summed E-state index contributed by atoms with van der Waals surface area (Å²) in [5.41, 5.74) is 1.36. The summed E-state index contributed by atoms with van der Waals surface area (Å²) in [6.07, 6.45) is 5.50. The molecule has 2 aromatic rings. The Kier molecular flexibility index (Phi) is 5.46. The van der Waals surface area contributed by atoms with Gasteiger partial charge in [-0.25, -0.2) is 9.97 Å². The topological polar surface area (TPSA) is 50.3 Å². The van der Waals surface area contributed by atoms with E-state index in [9.17, 15) is 0 Å². The van der Waals surface area contributed by atoms with E-state index in [-0.39, 0.29) is 12.1 Å². The highest BCUT2D eigenvalue weighted by Crippen LogP contribution is 2.38. The SMILES string of the molecule is CCC(Nc1ccnc(C2CC2)n1)C1CN(Cc2ccccc2)CCO1. The van der Waals surface area contributed by atoms with Gasteiger partial charge in [0.05, 0.1) is 18.8 Å². The van der Waals surface area contributed by atoms with E-state index in [1.54, 1.807) is 0 Å². The Morgan fingerprint density at radius 1 is 1.23 bits per heavy atom. The number of benzene rings is 1. The molecule has 2 atom stereocenters. The van der Waals surface area contributed by atoms with Crippen molar-refractivity contribution in [2.24, 2.45) is 0 Å². The van der Waals surface area contributed by atoms with Crippen LogP contribution in [0.3, 0.4) is 0 Å². The van der Waals surface area contributed by atoms with Crippen LogP contribution in [0.2, 0.25) is 0 Å². The first-order chi connectivity index (χ1) is 12.8. The Morgan fingerprint density at radius 2 is 2.08 bits per heavy atom. The highest BCUT2D eigenvalue weighted by molar-refractivity contribution is 5.35. The average Bonchev–Trinajstić information content (AvgIpc) is 3.53. The summed E-state index contributed by atoms with van der Waals surface area (Å²) >= 11 is 0. The highest BCUT2D eigenvalue weighted by atomic mass is 16.5. The van der Waals surface area contributed by atoms with E-state index in [1.165, 1.54) is 18.4 Å². The predicted molar refractivity (Wildman–Crippen MR) is 103 cm³/mol. The molecular weight excluding hydrogens is 324 g/mol. The van der Waals surface area contributed by atoms with Crippen LogP contribution in [0.25, 0.3) is 0 Å². The van der Waals surface area contributed by atoms with Crippen molar-refractivity contribution >= 4 is 5.82 Å². The Labute approximate surface area is 155 Å². The van der Waals surface area contributed by atoms with Crippen LogP contribution >= 0.6 is 0 Å². The number of hydrogen-bond donors (Lipinski definition) is 1. The predicted octanol–water partition coefficient (Wildman–Crippen LogP) is 3.45. The first kappa shape index (κ1) is 17.4. The van der Waals surface area contributed by atoms with Gasteiger partial charge in [-0.15, -0.1) is 0 Å². The first-order valence-electron chi connectivity index (χ1n) is 9.79. The number of morpholine rings is 1. The van der Waals surface area contributed by atoms with Gasteiger partial charge >= 0.3 is 0 Å². The lowest BCUT2D eigenvalue weighted by Crippen LogP contribution is -2.49. The molecule has 2 heterocycles. The molecule has 138 valence electrons. The maximum Gasteiger partial charge on any atom is 0.133 e. The fourth-order valence-corrected chi connectivity index (χ4v) is 3.60. The van der Waals surface area contributed by atoms with Crippen molar-refractivity contribution in [2.75, 3.05) is 25.0 Å². The summed E-state index contributed by atoms with van der Waals surface area (Å²) in [5, 5.41) is 3.60. The smallest absolute Gasteiger partial charge is 0.133 e. The molecule has 2 aliphatic rings. The van der Waals surface area contributed by atoms with Gasteiger partial charge in [0.15, 0.2) is 0 Å². The fraction of sp³-hybridized carbons (Fsp3) is 0.524. The Morgan fingerprint density at radius 3 is 2.85 bits per heavy atom. The van der Waals surface area contributed by atoms with Crippen molar-refractivity contribution in [3.8, 4) is 0 Å². The van der Waals surface area contributed by atoms with Gasteiger partial charge < -0.3 is 10.1 Å². The van der Waals surface area contributed by atoms with Crippen LogP contribution in [0.15, 0.2) is 42.6 Å². The number of anilines is 1. The van der Waals surface area contributed by atoms with E-state index in [4.69, 9.17) is 9.72 Å². The van der Waals surface area contributed by atoms with Crippen LogP contribution in [-0.2, 0) is 11.3 Å². The minimum atomic E-state index is 0.178. The van der Waals surface area contributed by atoms with Gasteiger partial charge in [0.25, 0.3) is 0 Å². The van der Waals surface area contributed by atoms with Gasteiger partial charge in [-0.05, 0) is 30.9 Å². The summed E-state index contributed by atoms with van der Waals surface area (Å²) in [7, 11) is 0. The molecule has 1 N–H and O–H groups in total. The Bertz CT molecular complexity index is 704. The summed E-state index contributed by atoms with van der Waals surface area (Å²) in [5.74, 6) is 2.49. The number of aromatic nitrogens is 2. The van der Waals surface area contributed by atoms with Crippen LogP contribution in [0.4, 0.5) is 5.82 Å². The van der Waals surface area contributed by atoms with Crippen LogP contribution in [0, 0.1) is 0 Å². The lowest BCUT2D eigenvalue weighted by molar-refractivity contribution is -0.0403. The molecule has 0 amide bonds. The molecule has 0 bridgehead atoms. The van der Waals surface area contributed by atoms with Crippen LogP contribution in [0.5, 0.6) is 0 Å². The summed E-state index contributed by atoms with van der Waals surface area (Å²) in [6.45, 7) is 5.91. The third kappa shape index (κ3) is 4.40. The largest absolute Gasteiger partial charge is 0.373 e. The van der Waals surface area contributed by atoms with E-state index >= 15 is 0 Å². The molecule has 1 aromatic carbocycles. The van der Waals surface area contributed by atoms with Gasteiger partial charge in [-0.3, -0.25) is 4.90 Å². The molecule has 1 saturated carbocycles. The molecule has 0 spiro atoms. The van der Waals surface area contributed by atoms with Crippen LogP contribution < -0.4 is 5.32 Å². The van der Waals surface area contributed by atoms with Crippen molar-refractivity contribution in [3.05, 3.63) is 54.0 Å². The zero-order valence-electron chi connectivity index (χ0n) is 15.5. The second kappa shape index (κ2) is 8.14. The fourth-order valence-electron chi connectivity index (χ4n) is 3.60. The zero-order valence-corrected chi connectivity index (χ0v) is 15.5. The number of hydrogen-bond acceptors (Lipinski definition) is 5. The molecule has 0 radical (unpaired) electrons. The molecule has 1 aliphatic carbocycles. The molecule has 5 heteroatoms. The van der Waals surface area contributed by atoms with Crippen molar-refractivity contribution in [1.82, 2.24) is 14.9 Å². The summed E-state index contributed by atoms with van der Waals surface area (Å²) < 4.78 is 6.11. The van der Waals surface area contributed by atoms with Crippen molar-refractivity contribution < 1.29 is 4.74 Å². The third-order valence-electron chi connectivity index (χ3n) is 5.27. The van der Waals surface area contributed by atoms with Crippen LogP contribution in [0.1, 0.15) is 43.5 Å². The van der Waals surface area contributed by atoms with Gasteiger partial charge in [0.1, 0.15) is 11.6 Å². The van der Waals surface area contributed by atoms with E-state index < -0.39 is 0 Å². The number of rotatable bonds is 7. The second-order valence-corrected chi connectivity index (χ2v) is 7.36. The molecule has 4 rings (SSSR count). The third-order valence-corrected chi connectivity index (χ3v) is 5.27. The molecule has 2 fully saturated rings. The van der Waals surface area contributed by atoms with Crippen LogP contribution in [-0.4, -0.2) is 46.7 Å². The first-order valence-corrected chi connectivity index (χ1v) is 9.79. The van der Waals surface area contributed by atoms with E-state index in [0.717, 1.165) is 44.3 Å². The van der Waals surface area contributed by atoms with Gasteiger partial charge in [-0.2, -0.15) is 0 Å². The van der Waals surface area contributed by atoms with Gasteiger partial charge in [-0.1, -0.05) is 37.3 Å². The second-order valence-electron chi connectivity index (χ2n) is 7.36. The average molecular weight is 352 g/mol. The van der Waals surface area contributed by atoms with E-state index in [2.05, 4.69) is 52.5 Å². The molecular formula is C21H28N4O. The summed E-state index contributed by atoms with van der Waals surface area (Å²) in [6, 6.07) is 12.9. The molecule has 26 heavy (non-hydrogen) atoms. The molecule has 1 aromatic heterocycles. The van der Waals surface area contributed by atoms with Gasteiger partial charge in [0.2, 0.25) is 0 Å². The van der Waals surface area contributed by atoms with E-state index in [1.807, 2.05) is 12.3 Å². The minimum absolute atomic E-state index is 0.178. The minimum Gasteiger partial charge on any atom is -0.373 e. The quantitative estimate of drug-likeness (QED) is 0.827. The Hall–Kier alpha value is -1.98. The highest BCUT2D eigenvalue weighted by Gasteiger charge is 2.29. The molecule has 1 aliphatic heterocycles. The standard InChI is InChI=1S/C21H28N4O/c1-2-18(23-20-10-11-22-21(24-20)17-8-9-17)19-15-25(12-13-26-19)14-16-6-4-3-5-7-16/h3-7,10-11,17-19H,2,8-9,12-15H2,1H3,(H,22,23,24). The molecule has 1 saturated heterocycles.